The number of primary sulfonamides is 1. The van der Waals surface area contributed by atoms with E-state index in [4.69, 9.17) is 10.9 Å². The molecule has 160 valence electrons. The quantitative estimate of drug-likeness (QED) is 0.417. The van der Waals surface area contributed by atoms with Crippen molar-refractivity contribution in [3.8, 4) is 33.8 Å². The summed E-state index contributed by atoms with van der Waals surface area (Å²) in [5.74, 6) is -0.346. The zero-order valence-corrected chi connectivity index (χ0v) is 16.9. The van der Waals surface area contributed by atoms with Crippen LogP contribution in [0.1, 0.15) is 5.56 Å². The number of hydrogen-bond donors (Lipinski definition) is 3. The highest BCUT2D eigenvalue weighted by atomic mass is 32.2. The predicted molar refractivity (Wildman–Crippen MR) is 107 cm³/mol. The number of thiazole rings is 1. The molecule has 0 aliphatic rings. The molecule has 9 nitrogen and oxygen atoms in total. The Bertz CT molecular complexity index is 1350. The number of hydrogen-bond acceptors (Lipinski definition) is 8. The fourth-order valence-corrected chi connectivity index (χ4v) is 4.62. The van der Waals surface area contributed by atoms with Gasteiger partial charge in [0.15, 0.2) is 5.13 Å². The summed E-state index contributed by atoms with van der Waals surface area (Å²) in [6.07, 6.45) is -4.98. The van der Waals surface area contributed by atoms with Crippen molar-refractivity contribution in [2.24, 2.45) is 5.14 Å². The number of halogens is 3. The van der Waals surface area contributed by atoms with Gasteiger partial charge in [-0.25, -0.2) is 18.5 Å². The van der Waals surface area contributed by atoms with E-state index in [0.717, 1.165) is 11.6 Å². The molecule has 0 aliphatic heterocycles. The fraction of sp³-hybridized carbons (Fsp3) is 0.0588. The van der Waals surface area contributed by atoms with E-state index in [1.54, 1.807) is 29.6 Å². The van der Waals surface area contributed by atoms with Gasteiger partial charge in [0.25, 0.3) is 0 Å². The number of nitrogens with two attached hydrogens (primary N) is 2. The number of sulfonamides is 1. The number of aromatic amines is 1. The third-order valence-corrected chi connectivity index (χ3v) is 6.00. The molecule has 0 atom stereocenters. The third-order valence-electron chi connectivity index (χ3n) is 4.33. The zero-order chi connectivity index (χ0) is 22.4. The van der Waals surface area contributed by atoms with E-state index in [-0.39, 0.29) is 11.4 Å². The zero-order valence-electron chi connectivity index (χ0n) is 15.3. The number of nitrogens with one attached hydrogen (secondary N) is 1. The highest BCUT2D eigenvalue weighted by molar-refractivity contribution is 7.89. The van der Waals surface area contributed by atoms with E-state index in [1.807, 2.05) is 0 Å². The van der Waals surface area contributed by atoms with Crippen molar-refractivity contribution in [1.29, 1.82) is 0 Å². The van der Waals surface area contributed by atoms with Crippen LogP contribution in [0.4, 0.5) is 18.3 Å². The summed E-state index contributed by atoms with van der Waals surface area (Å²) in [6.45, 7) is 0. The Balaban J connectivity index is 1.97. The van der Waals surface area contributed by atoms with Crippen LogP contribution in [-0.2, 0) is 16.2 Å². The molecule has 4 rings (SSSR count). The first-order valence-electron chi connectivity index (χ1n) is 8.38. The van der Waals surface area contributed by atoms with Gasteiger partial charge in [-0.05, 0) is 22.4 Å². The minimum atomic E-state index is -4.98. The van der Waals surface area contributed by atoms with E-state index in [9.17, 15) is 21.6 Å². The second kappa shape index (κ2) is 7.40. The lowest BCUT2D eigenvalue weighted by Crippen LogP contribution is -2.21. The van der Waals surface area contributed by atoms with Gasteiger partial charge in [-0.1, -0.05) is 30.3 Å². The van der Waals surface area contributed by atoms with Gasteiger partial charge in [0, 0.05) is 10.9 Å². The summed E-state index contributed by atoms with van der Waals surface area (Å²) >= 11 is 1.26. The van der Waals surface area contributed by atoms with Gasteiger partial charge < -0.3 is 5.73 Å². The molecule has 0 fully saturated rings. The maximum Gasteiger partial charge on any atom is 0.417 e. The maximum absolute atomic E-state index is 13.6. The van der Waals surface area contributed by atoms with Crippen LogP contribution in [0.2, 0.25) is 0 Å². The molecule has 5 N–H and O–H groups in total. The molecule has 2 heterocycles. The predicted octanol–water partition coefficient (Wildman–Crippen LogP) is 2.91. The number of aromatic nitrogens is 5. The van der Waals surface area contributed by atoms with Gasteiger partial charge in [0.1, 0.15) is 4.90 Å². The topological polar surface area (TPSA) is 154 Å². The van der Waals surface area contributed by atoms with Crippen LogP contribution in [0.25, 0.3) is 33.8 Å². The molecule has 2 aromatic carbocycles. The molecule has 0 unspecified atom stereocenters. The van der Waals surface area contributed by atoms with E-state index < -0.39 is 32.2 Å². The number of nitrogens with zero attached hydrogens (tertiary/aromatic N) is 4. The van der Waals surface area contributed by atoms with Crippen LogP contribution in [0.3, 0.4) is 0 Å². The van der Waals surface area contributed by atoms with Crippen molar-refractivity contribution in [2.45, 2.75) is 11.1 Å². The number of tetrazole rings is 1. The van der Waals surface area contributed by atoms with E-state index >= 15 is 0 Å². The van der Waals surface area contributed by atoms with Crippen molar-refractivity contribution < 1.29 is 21.6 Å². The first-order chi connectivity index (χ1) is 14.6. The molecule has 14 heteroatoms. The van der Waals surface area contributed by atoms with Gasteiger partial charge in [-0.15, -0.1) is 21.5 Å². The van der Waals surface area contributed by atoms with Crippen LogP contribution >= 0.6 is 11.3 Å². The molecule has 0 bridgehead atoms. The summed E-state index contributed by atoms with van der Waals surface area (Å²) in [6, 6.07) is 8.36. The molecule has 31 heavy (non-hydrogen) atoms. The van der Waals surface area contributed by atoms with Gasteiger partial charge in [-0.3, -0.25) is 0 Å². The molecule has 0 saturated heterocycles. The average Bonchev–Trinajstić information content (AvgIpc) is 3.37. The summed E-state index contributed by atoms with van der Waals surface area (Å²) in [5.41, 5.74) is 5.70. The minimum Gasteiger partial charge on any atom is -0.375 e. The highest BCUT2D eigenvalue weighted by Gasteiger charge is 2.39. The summed E-state index contributed by atoms with van der Waals surface area (Å²) in [5, 5.41) is 20.1. The van der Waals surface area contributed by atoms with E-state index in [2.05, 4.69) is 25.6 Å². The molecule has 2 aromatic heterocycles. The third kappa shape index (κ3) is 3.99. The maximum atomic E-state index is 13.6. The number of H-pyrrole nitrogens is 1. The van der Waals surface area contributed by atoms with Crippen LogP contribution in [-0.4, -0.2) is 34.0 Å². The fourth-order valence-electron chi connectivity index (χ4n) is 3.07. The molecule has 0 aliphatic carbocycles. The standard InChI is InChI=1S/C17H12F3N7O2S2/c18-17(19,20)11-6-5-10(13(14(11)31(22,28)29)15-24-26-27-25-15)8-1-3-9(4-2-8)12-7-30-16(21)23-12/h1-7H,(H2,21,23)(H2,22,28,29)(H,24,25,26,27). The lowest BCUT2D eigenvalue weighted by atomic mass is 9.95. The molecule has 0 radical (unpaired) electrons. The summed E-state index contributed by atoms with van der Waals surface area (Å²) < 4.78 is 65.2. The lowest BCUT2D eigenvalue weighted by Gasteiger charge is -2.17. The Kier molecular flexibility index (Phi) is 4.99. The summed E-state index contributed by atoms with van der Waals surface area (Å²) in [7, 11) is -4.82. The van der Waals surface area contributed by atoms with Crippen molar-refractivity contribution >= 4 is 26.5 Å². The first kappa shape index (κ1) is 20.9. The van der Waals surface area contributed by atoms with Crippen molar-refractivity contribution in [2.75, 3.05) is 5.73 Å². The second-order valence-electron chi connectivity index (χ2n) is 6.29. The van der Waals surface area contributed by atoms with Gasteiger partial charge >= 0.3 is 6.18 Å². The molecule has 0 saturated carbocycles. The number of rotatable bonds is 4. The largest absolute Gasteiger partial charge is 0.417 e. The van der Waals surface area contributed by atoms with Crippen LogP contribution in [0.15, 0.2) is 46.7 Å². The lowest BCUT2D eigenvalue weighted by molar-refractivity contribution is -0.139. The van der Waals surface area contributed by atoms with Crippen molar-refractivity contribution in [3.05, 3.63) is 47.3 Å². The Labute approximate surface area is 177 Å². The smallest absolute Gasteiger partial charge is 0.375 e. The highest BCUT2D eigenvalue weighted by Crippen LogP contribution is 2.43. The summed E-state index contributed by atoms with van der Waals surface area (Å²) in [4.78, 5) is 3.04. The van der Waals surface area contributed by atoms with Gasteiger partial charge in [0.2, 0.25) is 15.8 Å². The molecular formula is C17H12F3N7O2S2. The van der Waals surface area contributed by atoms with E-state index in [0.29, 0.717) is 22.5 Å². The Morgan fingerprint density at radius 3 is 2.23 bits per heavy atom. The average molecular weight is 467 g/mol. The molecular weight excluding hydrogens is 455 g/mol. The normalized spacial score (nSPS) is 12.3. The Morgan fingerprint density at radius 2 is 1.71 bits per heavy atom. The monoisotopic (exact) mass is 467 g/mol. The van der Waals surface area contributed by atoms with Crippen molar-refractivity contribution in [3.63, 3.8) is 0 Å². The molecule has 0 amide bonds. The number of alkyl halides is 3. The minimum absolute atomic E-state index is 0.128. The van der Waals surface area contributed by atoms with Crippen LogP contribution in [0, 0.1) is 0 Å². The van der Waals surface area contributed by atoms with Gasteiger partial charge in [0.05, 0.1) is 16.8 Å². The van der Waals surface area contributed by atoms with Crippen LogP contribution < -0.4 is 10.9 Å². The number of nitrogen functional groups attached to an aromatic ring is 1. The number of anilines is 1. The second-order valence-corrected chi connectivity index (χ2v) is 8.68. The van der Waals surface area contributed by atoms with Crippen molar-refractivity contribution in [1.82, 2.24) is 25.6 Å². The van der Waals surface area contributed by atoms with Gasteiger partial charge in [-0.2, -0.15) is 18.4 Å². The van der Waals surface area contributed by atoms with Crippen LogP contribution in [0.5, 0.6) is 0 Å². The molecule has 4 aromatic rings. The Hall–Kier alpha value is -3.36. The Morgan fingerprint density at radius 1 is 1.03 bits per heavy atom. The SMILES string of the molecule is Nc1nc(-c2ccc(-c3ccc(C(F)(F)F)c(S(N)(=O)=O)c3-c3nn[nH]n3)cc2)cs1. The van der Waals surface area contributed by atoms with E-state index in [1.165, 1.54) is 11.3 Å². The molecule has 0 spiro atoms. The first-order valence-corrected chi connectivity index (χ1v) is 10.8. The number of benzene rings is 2.